The lowest BCUT2D eigenvalue weighted by atomic mass is 10.2. The molecule has 0 saturated carbocycles. The van der Waals surface area contributed by atoms with Crippen LogP contribution in [0.1, 0.15) is 20.8 Å². The van der Waals surface area contributed by atoms with E-state index in [0.29, 0.717) is 33.8 Å². The minimum atomic E-state index is -0.423. The Morgan fingerprint density at radius 1 is 1.26 bits per heavy atom. The van der Waals surface area contributed by atoms with Crippen molar-refractivity contribution in [2.75, 3.05) is 12.4 Å². The van der Waals surface area contributed by atoms with Crippen LogP contribution in [-0.2, 0) is 0 Å². The second kappa shape index (κ2) is 6.71. The highest BCUT2D eigenvalue weighted by Gasteiger charge is 2.20. The van der Waals surface area contributed by atoms with Gasteiger partial charge in [-0.25, -0.2) is 9.83 Å². The van der Waals surface area contributed by atoms with Crippen LogP contribution in [0.3, 0.4) is 0 Å². The van der Waals surface area contributed by atoms with Crippen molar-refractivity contribution in [2.45, 2.75) is 26.4 Å². The number of rotatable bonds is 4. The second-order valence-corrected chi connectivity index (χ2v) is 6.08. The van der Waals surface area contributed by atoms with E-state index in [4.69, 9.17) is 27.6 Å². The molecule has 0 spiro atoms. The lowest BCUT2D eigenvalue weighted by Gasteiger charge is -2.22. The first kappa shape index (κ1) is 16.8. The number of aromatic nitrogens is 2. The standard InChI is InChI=1S/C16H17ClN4O2/c1-16(2,3)23-15-13(22-5)14(19-9-20-15)21-12-7-6-10(18-4)8-11(12)17/h6-9H,1-3,5H3,(H,19,20,21). The lowest BCUT2D eigenvalue weighted by molar-refractivity contribution is 0.118. The molecule has 0 amide bonds. The molecule has 1 aromatic carbocycles. The van der Waals surface area contributed by atoms with Crippen LogP contribution < -0.4 is 14.8 Å². The lowest BCUT2D eigenvalue weighted by Crippen LogP contribution is -2.24. The van der Waals surface area contributed by atoms with E-state index in [1.807, 2.05) is 20.8 Å². The van der Waals surface area contributed by atoms with Gasteiger partial charge in [-0.2, -0.15) is 4.98 Å². The number of anilines is 2. The van der Waals surface area contributed by atoms with E-state index >= 15 is 0 Å². The van der Waals surface area contributed by atoms with E-state index in [-0.39, 0.29) is 0 Å². The highest BCUT2D eigenvalue weighted by atomic mass is 35.5. The minimum Gasteiger partial charge on any atom is -0.489 e. The number of halogens is 1. The fraction of sp³-hybridized carbons (Fsp3) is 0.312. The number of nitrogens with one attached hydrogen (secondary N) is 1. The number of nitrogens with zero attached hydrogens (tertiary/aromatic N) is 3. The van der Waals surface area contributed by atoms with E-state index in [0.717, 1.165) is 0 Å². The average Bonchev–Trinajstić information content (AvgIpc) is 2.48. The van der Waals surface area contributed by atoms with Gasteiger partial charge in [0.15, 0.2) is 11.5 Å². The number of hydrogen-bond donors (Lipinski definition) is 1. The third-order valence-electron chi connectivity index (χ3n) is 2.71. The Morgan fingerprint density at radius 3 is 2.57 bits per heavy atom. The molecule has 7 heteroatoms. The number of benzene rings is 1. The molecule has 1 heterocycles. The predicted molar refractivity (Wildman–Crippen MR) is 90.0 cm³/mol. The monoisotopic (exact) mass is 332 g/mol. The predicted octanol–water partition coefficient (Wildman–Crippen LogP) is 4.61. The van der Waals surface area contributed by atoms with Crippen LogP contribution in [0.15, 0.2) is 24.5 Å². The quantitative estimate of drug-likeness (QED) is 0.828. The van der Waals surface area contributed by atoms with Crippen LogP contribution >= 0.6 is 11.6 Å². The molecule has 2 rings (SSSR count). The normalized spacial score (nSPS) is 10.8. The largest absolute Gasteiger partial charge is 0.489 e. The molecule has 6 nitrogen and oxygen atoms in total. The summed E-state index contributed by atoms with van der Waals surface area (Å²) in [6.45, 7) is 12.8. The zero-order valence-corrected chi connectivity index (χ0v) is 14.1. The summed E-state index contributed by atoms with van der Waals surface area (Å²) < 4.78 is 11.2. The van der Waals surface area contributed by atoms with Gasteiger partial charge in [-0.15, -0.1) is 0 Å². The summed E-state index contributed by atoms with van der Waals surface area (Å²) in [6.07, 6.45) is 1.38. The fourth-order valence-electron chi connectivity index (χ4n) is 1.80. The Hall–Kier alpha value is -2.52. The van der Waals surface area contributed by atoms with Gasteiger partial charge < -0.3 is 14.8 Å². The maximum atomic E-state index is 7.00. The van der Waals surface area contributed by atoms with E-state index in [1.165, 1.54) is 13.4 Å². The molecule has 0 atom stereocenters. The van der Waals surface area contributed by atoms with Crippen LogP contribution in [0.2, 0.25) is 5.02 Å². The van der Waals surface area contributed by atoms with Crippen LogP contribution in [0.5, 0.6) is 11.6 Å². The molecule has 0 radical (unpaired) electrons. The van der Waals surface area contributed by atoms with Gasteiger partial charge in [0.05, 0.1) is 24.4 Å². The number of hydrogen-bond acceptors (Lipinski definition) is 5. The third kappa shape index (κ3) is 4.24. The molecule has 120 valence electrons. The zero-order valence-electron chi connectivity index (χ0n) is 13.3. The first-order valence-corrected chi connectivity index (χ1v) is 7.24. The molecule has 1 aromatic heterocycles. The van der Waals surface area contributed by atoms with Gasteiger partial charge in [0.1, 0.15) is 11.9 Å². The Kier molecular flexibility index (Phi) is 4.92. The maximum Gasteiger partial charge on any atom is 0.263 e. The van der Waals surface area contributed by atoms with Crippen molar-refractivity contribution in [3.8, 4) is 11.6 Å². The molecular formula is C16H17ClN4O2. The molecule has 0 bridgehead atoms. The van der Waals surface area contributed by atoms with Crippen molar-refractivity contribution in [1.29, 1.82) is 0 Å². The van der Waals surface area contributed by atoms with Crippen LogP contribution in [0, 0.1) is 6.57 Å². The number of methoxy groups -OCH3 is 1. The van der Waals surface area contributed by atoms with Crippen molar-refractivity contribution in [2.24, 2.45) is 0 Å². The molecule has 0 unspecified atom stereocenters. The van der Waals surface area contributed by atoms with Crippen molar-refractivity contribution >= 4 is 28.8 Å². The van der Waals surface area contributed by atoms with Crippen molar-refractivity contribution in [1.82, 2.24) is 9.97 Å². The molecule has 0 saturated heterocycles. The Morgan fingerprint density at radius 2 is 2.00 bits per heavy atom. The average molecular weight is 333 g/mol. The summed E-state index contributed by atoms with van der Waals surface area (Å²) in [4.78, 5) is 11.6. The van der Waals surface area contributed by atoms with Crippen LogP contribution in [0.4, 0.5) is 17.2 Å². The van der Waals surface area contributed by atoms with E-state index in [2.05, 4.69) is 20.1 Å². The van der Waals surface area contributed by atoms with Crippen molar-refractivity contribution < 1.29 is 9.47 Å². The van der Waals surface area contributed by atoms with Crippen molar-refractivity contribution in [3.05, 3.63) is 41.0 Å². The molecule has 0 aliphatic rings. The summed E-state index contributed by atoms with van der Waals surface area (Å²) in [7, 11) is 1.52. The zero-order chi connectivity index (χ0) is 17.0. The van der Waals surface area contributed by atoms with E-state index in [1.54, 1.807) is 18.2 Å². The molecule has 23 heavy (non-hydrogen) atoms. The second-order valence-electron chi connectivity index (χ2n) is 5.68. The SMILES string of the molecule is [C-]#[N+]c1ccc(Nc2ncnc(OC(C)(C)C)c2OC)c(Cl)c1. The summed E-state index contributed by atoms with van der Waals surface area (Å²) in [6, 6.07) is 4.96. The number of ether oxygens (including phenoxy) is 2. The molecule has 2 aromatic rings. The Labute approximate surface area is 140 Å². The fourth-order valence-corrected chi connectivity index (χ4v) is 2.02. The van der Waals surface area contributed by atoms with Gasteiger partial charge in [-0.1, -0.05) is 17.7 Å². The van der Waals surface area contributed by atoms with Crippen LogP contribution in [0.25, 0.3) is 4.85 Å². The first-order chi connectivity index (χ1) is 10.8. The highest BCUT2D eigenvalue weighted by molar-refractivity contribution is 6.33. The van der Waals surface area contributed by atoms with Gasteiger partial charge in [-0.05, 0) is 32.9 Å². The summed E-state index contributed by atoms with van der Waals surface area (Å²) in [5.41, 5.74) is 0.651. The highest BCUT2D eigenvalue weighted by Crippen LogP contribution is 2.37. The topological polar surface area (TPSA) is 60.6 Å². The smallest absolute Gasteiger partial charge is 0.263 e. The first-order valence-electron chi connectivity index (χ1n) is 6.86. The van der Waals surface area contributed by atoms with E-state index < -0.39 is 5.60 Å². The molecule has 0 fully saturated rings. The summed E-state index contributed by atoms with van der Waals surface area (Å²) >= 11 is 6.18. The van der Waals surface area contributed by atoms with Crippen LogP contribution in [-0.4, -0.2) is 22.7 Å². The Balaban J connectivity index is 2.37. The summed E-state index contributed by atoms with van der Waals surface area (Å²) in [5, 5.41) is 3.49. The molecular weight excluding hydrogens is 316 g/mol. The maximum absolute atomic E-state index is 7.00. The van der Waals surface area contributed by atoms with Gasteiger partial charge >= 0.3 is 0 Å². The van der Waals surface area contributed by atoms with Gasteiger partial charge in [0.2, 0.25) is 5.75 Å². The Bertz CT molecular complexity index is 751. The molecule has 0 aliphatic heterocycles. The minimum absolute atomic E-state index is 0.339. The third-order valence-corrected chi connectivity index (χ3v) is 3.03. The van der Waals surface area contributed by atoms with Crippen molar-refractivity contribution in [3.63, 3.8) is 0 Å². The van der Waals surface area contributed by atoms with Gasteiger partial charge in [-0.3, -0.25) is 0 Å². The van der Waals surface area contributed by atoms with Gasteiger partial charge in [0, 0.05) is 0 Å². The molecule has 1 N–H and O–H groups in total. The van der Waals surface area contributed by atoms with E-state index in [9.17, 15) is 0 Å². The van der Waals surface area contributed by atoms with Gasteiger partial charge in [0.25, 0.3) is 5.88 Å². The summed E-state index contributed by atoms with van der Waals surface area (Å²) in [5.74, 6) is 1.15. The molecule has 0 aliphatic carbocycles.